The number of thiophene rings is 1. The van der Waals surface area contributed by atoms with Gasteiger partial charge in [0.25, 0.3) is 5.91 Å². The number of nitrogens with zero attached hydrogens (tertiary/aromatic N) is 2. The average molecular weight is 426 g/mol. The summed E-state index contributed by atoms with van der Waals surface area (Å²) in [5.41, 5.74) is 7.57. The van der Waals surface area contributed by atoms with Crippen LogP contribution in [-0.2, 0) is 0 Å². The van der Waals surface area contributed by atoms with E-state index in [0.717, 1.165) is 42.1 Å². The van der Waals surface area contributed by atoms with Crippen molar-refractivity contribution in [3.8, 4) is 17.0 Å². The summed E-state index contributed by atoms with van der Waals surface area (Å²) in [6.07, 6.45) is 3.50. The third-order valence-corrected chi connectivity index (χ3v) is 6.36. The van der Waals surface area contributed by atoms with Gasteiger partial charge in [-0.25, -0.2) is 9.97 Å². The van der Waals surface area contributed by atoms with Gasteiger partial charge in [0.2, 0.25) is 5.95 Å². The molecule has 0 spiro atoms. The Hall–Kier alpha value is -2.71. The van der Waals surface area contributed by atoms with Gasteiger partial charge in [-0.15, -0.1) is 11.3 Å². The molecule has 8 heteroatoms. The number of aromatic nitrogens is 2. The molecule has 0 bridgehead atoms. The van der Waals surface area contributed by atoms with Crippen LogP contribution in [0.4, 0.5) is 5.95 Å². The number of hydrogen-bond donors (Lipinski definition) is 3. The minimum Gasteiger partial charge on any atom is -0.494 e. The molecule has 0 aliphatic carbocycles. The van der Waals surface area contributed by atoms with Gasteiger partial charge >= 0.3 is 0 Å². The number of anilines is 1. The zero-order valence-electron chi connectivity index (χ0n) is 17.1. The lowest BCUT2D eigenvalue weighted by molar-refractivity contribution is 0.0960. The van der Waals surface area contributed by atoms with Crippen LogP contribution in [0.5, 0.6) is 5.75 Å². The summed E-state index contributed by atoms with van der Waals surface area (Å²) in [7, 11) is 0. The molecule has 1 aromatic carbocycles. The number of nitrogen functional groups attached to an aromatic ring is 1. The highest BCUT2D eigenvalue weighted by Crippen LogP contribution is 2.34. The lowest BCUT2D eigenvalue weighted by atomic mass is 9.95. The van der Waals surface area contributed by atoms with Crippen molar-refractivity contribution in [2.75, 3.05) is 32.0 Å². The zero-order valence-corrected chi connectivity index (χ0v) is 17.9. The summed E-state index contributed by atoms with van der Waals surface area (Å²) in [6, 6.07) is 9.71. The molecular weight excluding hydrogens is 398 g/mol. The molecule has 7 nitrogen and oxygen atoms in total. The van der Waals surface area contributed by atoms with Crippen LogP contribution in [0.25, 0.3) is 21.5 Å². The first-order valence-corrected chi connectivity index (χ1v) is 11.2. The van der Waals surface area contributed by atoms with Crippen molar-refractivity contribution in [1.82, 2.24) is 20.6 Å². The lowest BCUT2D eigenvalue weighted by Gasteiger charge is -2.22. The van der Waals surface area contributed by atoms with Crippen molar-refractivity contribution < 1.29 is 9.53 Å². The number of carbonyl (C=O) groups excluding carboxylic acids is 1. The summed E-state index contributed by atoms with van der Waals surface area (Å²) in [5, 5.41) is 7.04. The molecule has 1 saturated heterocycles. The highest BCUT2D eigenvalue weighted by atomic mass is 32.1. The van der Waals surface area contributed by atoms with E-state index in [2.05, 4.69) is 20.6 Å². The van der Waals surface area contributed by atoms with E-state index in [1.165, 1.54) is 24.2 Å². The first kappa shape index (κ1) is 20.6. The quantitative estimate of drug-likeness (QED) is 0.536. The van der Waals surface area contributed by atoms with Gasteiger partial charge in [0, 0.05) is 17.5 Å². The minimum atomic E-state index is -0.111. The SMILES string of the molecule is CCNC(=O)c1cc2c(-c3cccc(OCCC4CCNCC4)c3)nc(N)nc2s1. The predicted octanol–water partition coefficient (Wildman–Crippen LogP) is 3.46. The number of carbonyl (C=O) groups is 1. The van der Waals surface area contributed by atoms with Crippen molar-refractivity contribution in [1.29, 1.82) is 0 Å². The number of fused-ring (bicyclic) bond motifs is 1. The van der Waals surface area contributed by atoms with E-state index in [0.29, 0.717) is 28.6 Å². The topological polar surface area (TPSA) is 102 Å². The Bertz CT molecular complexity index is 1030. The molecule has 30 heavy (non-hydrogen) atoms. The van der Waals surface area contributed by atoms with E-state index in [-0.39, 0.29) is 11.9 Å². The van der Waals surface area contributed by atoms with Crippen LogP contribution in [0.2, 0.25) is 0 Å². The van der Waals surface area contributed by atoms with Crippen LogP contribution >= 0.6 is 11.3 Å². The van der Waals surface area contributed by atoms with Gasteiger partial charge in [-0.1, -0.05) is 12.1 Å². The molecule has 158 valence electrons. The monoisotopic (exact) mass is 425 g/mol. The number of rotatable bonds is 7. The van der Waals surface area contributed by atoms with Crippen LogP contribution in [-0.4, -0.2) is 42.1 Å². The number of amides is 1. The molecule has 3 aromatic rings. The Kier molecular flexibility index (Phi) is 6.44. The first-order valence-electron chi connectivity index (χ1n) is 10.4. The van der Waals surface area contributed by atoms with Crippen molar-refractivity contribution in [2.45, 2.75) is 26.2 Å². The Morgan fingerprint density at radius 3 is 2.93 bits per heavy atom. The smallest absolute Gasteiger partial charge is 0.261 e. The van der Waals surface area contributed by atoms with Gasteiger partial charge in [0.05, 0.1) is 17.2 Å². The summed E-state index contributed by atoms with van der Waals surface area (Å²) in [4.78, 5) is 22.3. The number of piperidine rings is 1. The third-order valence-electron chi connectivity index (χ3n) is 5.33. The summed E-state index contributed by atoms with van der Waals surface area (Å²) in [6.45, 7) is 5.37. The van der Waals surface area contributed by atoms with Crippen molar-refractivity contribution in [2.24, 2.45) is 5.92 Å². The second-order valence-electron chi connectivity index (χ2n) is 7.48. The molecule has 2 aromatic heterocycles. The molecule has 0 radical (unpaired) electrons. The minimum absolute atomic E-state index is 0.111. The maximum absolute atomic E-state index is 12.2. The van der Waals surface area contributed by atoms with Gasteiger partial charge in [-0.3, -0.25) is 4.79 Å². The molecule has 1 amide bonds. The van der Waals surface area contributed by atoms with E-state index in [1.54, 1.807) is 0 Å². The van der Waals surface area contributed by atoms with Gasteiger partial charge < -0.3 is 21.1 Å². The number of hydrogen-bond acceptors (Lipinski definition) is 7. The molecule has 0 unspecified atom stereocenters. The normalized spacial score (nSPS) is 14.7. The molecular formula is C22H27N5O2S. The molecule has 3 heterocycles. The maximum Gasteiger partial charge on any atom is 0.261 e. The number of ether oxygens (including phenoxy) is 1. The van der Waals surface area contributed by atoms with E-state index in [9.17, 15) is 4.79 Å². The fourth-order valence-corrected chi connectivity index (χ4v) is 4.72. The predicted molar refractivity (Wildman–Crippen MR) is 121 cm³/mol. The Morgan fingerprint density at radius 1 is 1.30 bits per heavy atom. The Balaban J connectivity index is 1.55. The van der Waals surface area contributed by atoms with Crippen molar-refractivity contribution in [3.63, 3.8) is 0 Å². The molecule has 1 aliphatic heterocycles. The molecule has 0 saturated carbocycles. The largest absolute Gasteiger partial charge is 0.494 e. The second-order valence-corrected chi connectivity index (χ2v) is 8.51. The van der Waals surface area contributed by atoms with Crippen LogP contribution in [0, 0.1) is 5.92 Å². The van der Waals surface area contributed by atoms with Crippen LogP contribution in [0.3, 0.4) is 0 Å². The second kappa shape index (κ2) is 9.40. The zero-order chi connectivity index (χ0) is 20.9. The molecule has 4 N–H and O–H groups in total. The number of benzene rings is 1. The molecule has 1 aliphatic rings. The molecule has 0 atom stereocenters. The fraction of sp³-hybridized carbons (Fsp3) is 0.409. The number of nitrogens with one attached hydrogen (secondary N) is 2. The highest BCUT2D eigenvalue weighted by Gasteiger charge is 2.17. The Morgan fingerprint density at radius 2 is 2.13 bits per heavy atom. The standard InChI is InChI=1S/C22H27N5O2S/c1-2-25-20(28)18-13-17-19(26-22(23)27-21(17)30-18)15-4-3-5-16(12-15)29-11-8-14-6-9-24-10-7-14/h3-5,12-14,24H,2,6-11H2,1H3,(H,25,28)(H2,23,26,27). The summed E-state index contributed by atoms with van der Waals surface area (Å²) >= 11 is 1.32. The third kappa shape index (κ3) is 4.71. The average Bonchev–Trinajstić information content (AvgIpc) is 3.18. The van der Waals surface area contributed by atoms with E-state index < -0.39 is 0 Å². The summed E-state index contributed by atoms with van der Waals surface area (Å²) in [5.74, 6) is 1.62. The summed E-state index contributed by atoms with van der Waals surface area (Å²) < 4.78 is 6.03. The van der Waals surface area contributed by atoms with Gasteiger partial charge in [-0.05, 0) is 63.4 Å². The van der Waals surface area contributed by atoms with Crippen molar-refractivity contribution >= 4 is 33.4 Å². The fourth-order valence-electron chi connectivity index (χ4n) is 3.76. The molecule has 4 rings (SSSR count). The maximum atomic E-state index is 12.2. The van der Waals surface area contributed by atoms with Gasteiger partial charge in [-0.2, -0.15) is 0 Å². The highest BCUT2D eigenvalue weighted by molar-refractivity contribution is 7.20. The Labute approximate surface area is 180 Å². The van der Waals surface area contributed by atoms with Gasteiger partial charge in [0.1, 0.15) is 10.6 Å². The lowest BCUT2D eigenvalue weighted by Crippen LogP contribution is -2.28. The van der Waals surface area contributed by atoms with Crippen LogP contribution in [0.15, 0.2) is 30.3 Å². The molecule has 1 fully saturated rings. The van der Waals surface area contributed by atoms with Crippen LogP contribution in [0.1, 0.15) is 35.9 Å². The van der Waals surface area contributed by atoms with E-state index in [1.807, 2.05) is 37.3 Å². The number of nitrogens with two attached hydrogens (primary N) is 1. The van der Waals surface area contributed by atoms with E-state index in [4.69, 9.17) is 10.5 Å². The van der Waals surface area contributed by atoms with Crippen molar-refractivity contribution in [3.05, 3.63) is 35.2 Å². The van der Waals surface area contributed by atoms with E-state index >= 15 is 0 Å². The van der Waals surface area contributed by atoms with Crippen LogP contribution < -0.4 is 21.1 Å². The first-order chi connectivity index (χ1) is 14.6. The van der Waals surface area contributed by atoms with Gasteiger partial charge in [0.15, 0.2) is 0 Å².